The molecule has 1 rings (SSSR count). The molecule has 0 saturated heterocycles. The SMILES string of the molecule is COc1ccc(C(C)C(O)CN)cc1F. The quantitative estimate of drug-likeness (QED) is 0.791. The number of benzene rings is 1. The van der Waals surface area contributed by atoms with Crippen LogP contribution in [0.4, 0.5) is 4.39 Å². The summed E-state index contributed by atoms with van der Waals surface area (Å²) >= 11 is 0. The smallest absolute Gasteiger partial charge is 0.165 e. The van der Waals surface area contributed by atoms with Crippen LogP contribution in [0.15, 0.2) is 18.2 Å². The lowest BCUT2D eigenvalue weighted by Crippen LogP contribution is -2.25. The summed E-state index contributed by atoms with van der Waals surface area (Å²) in [6.07, 6.45) is -0.655. The van der Waals surface area contributed by atoms with Gasteiger partial charge in [0.15, 0.2) is 11.6 Å². The standard InChI is InChI=1S/C11H16FNO2/c1-7(10(14)6-13)8-3-4-11(15-2)9(12)5-8/h3-5,7,10,14H,6,13H2,1-2H3. The molecule has 2 unspecified atom stereocenters. The first-order valence-corrected chi connectivity index (χ1v) is 4.81. The molecule has 0 bridgehead atoms. The van der Waals surface area contributed by atoms with E-state index in [1.54, 1.807) is 19.1 Å². The van der Waals surface area contributed by atoms with Gasteiger partial charge in [0.1, 0.15) is 0 Å². The average Bonchev–Trinajstić information content (AvgIpc) is 2.26. The van der Waals surface area contributed by atoms with Crippen molar-refractivity contribution in [2.75, 3.05) is 13.7 Å². The summed E-state index contributed by atoms with van der Waals surface area (Å²) in [5, 5.41) is 9.52. The Balaban J connectivity index is 2.92. The first kappa shape index (κ1) is 11.9. The van der Waals surface area contributed by atoms with Crippen molar-refractivity contribution in [1.29, 1.82) is 0 Å². The summed E-state index contributed by atoms with van der Waals surface area (Å²) in [5.41, 5.74) is 6.05. The van der Waals surface area contributed by atoms with E-state index in [1.807, 2.05) is 0 Å². The number of halogens is 1. The molecule has 0 radical (unpaired) electrons. The van der Waals surface area contributed by atoms with Crippen molar-refractivity contribution < 1.29 is 14.2 Å². The summed E-state index contributed by atoms with van der Waals surface area (Å²) in [5.74, 6) is -0.408. The normalized spacial score (nSPS) is 14.7. The number of nitrogens with two attached hydrogens (primary N) is 1. The van der Waals surface area contributed by atoms with Gasteiger partial charge in [0.05, 0.1) is 13.2 Å². The highest BCUT2D eigenvalue weighted by Crippen LogP contribution is 2.24. The van der Waals surface area contributed by atoms with Crippen molar-refractivity contribution in [3.05, 3.63) is 29.6 Å². The molecule has 0 fully saturated rings. The second kappa shape index (κ2) is 5.09. The fourth-order valence-electron chi connectivity index (χ4n) is 1.39. The lowest BCUT2D eigenvalue weighted by Gasteiger charge is -2.17. The largest absolute Gasteiger partial charge is 0.494 e. The van der Waals surface area contributed by atoms with Gasteiger partial charge in [0.2, 0.25) is 0 Å². The van der Waals surface area contributed by atoms with Crippen LogP contribution in [-0.2, 0) is 0 Å². The molecular formula is C11H16FNO2. The highest BCUT2D eigenvalue weighted by Gasteiger charge is 2.16. The zero-order chi connectivity index (χ0) is 11.4. The van der Waals surface area contributed by atoms with Crippen LogP contribution in [-0.4, -0.2) is 24.9 Å². The lowest BCUT2D eigenvalue weighted by atomic mass is 9.95. The third-order valence-electron chi connectivity index (χ3n) is 2.52. The van der Waals surface area contributed by atoms with E-state index in [1.165, 1.54) is 13.2 Å². The summed E-state index contributed by atoms with van der Waals surface area (Å²) in [6, 6.07) is 4.64. The summed E-state index contributed by atoms with van der Waals surface area (Å²) in [7, 11) is 1.41. The minimum atomic E-state index is -0.655. The molecule has 0 saturated carbocycles. The Morgan fingerprint density at radius 1 is 1.53 bits per heavy atom. The second-order valence-electron chi connectivity index (χ2n) is 3.49. The molecule has 0 aliphatic heterocycles. The van der Waals surface area contributed by atoms with Crippen molar-refractivity contribution in [2.24, 2.45) is 5.73 Å². The van der Waals surface area contributed by atoms with Crippen molar-refractivity contribution in [3.63, 3.8) is 0 Å². The van der Waals surface area contributed by atoms with Crippen molar-refractivity contribution in [2.45, 2.75) is 18.9 Å². The highest BCUT2D eigenvalue weighted by molar-refractivity contribution is 5.31. The van der Waals surface area contributed by atoms with Gasteiger partial charge in [-0.1, -0.05) is 13.0 Å². The summed E-state index contributed by atoms with van der Waals surface area (Å²) < 4.78 is 18.1. The molecule has 0 heterocycles. The predicted molar refractivity (Wildman–Crippen MR) is 56.4 cm³/mol. The number of ether oxygens (including phenoxy) is 1. The molecule has 0 amide bonds. The van der Waals surface area contributed by atoms with E-state index in [0.717, 1.165) is 0 Å². The van der Waals surface area contributed by atoms with Crippen molar-refractivity contribution in [3.8, 4) is 5.75 Å². The zero-order valence-corrected chi connectivity index (χ0v) is 8.90. The van der Waals surface area contributed by atoms with Crippen LogP contribution in [0.3, 0.4) is 0 Å². The highest BCUT2D eigenvalue weighted by atomic mass is 19.1. The number of methoxy groups -OCH3 is 1. The van der Waals surface area contributed by atoms with Gasteiger partial charge in [-0.25, -0.2) is 4.39 Å². The number of aliphatic hydroxyl groups excluding tert-OH is 1. The van der Waals surface area contributed by atoms with Crippen LogP contribution in [0.25, 0.3) is 0 Å². The molecule has 84 valence electrons. The van der Waals surface area contributed by atoms with Gasteiger partial charge in [-0.3, -0.25) is 0 Å². The van der Waals surface area contributed by atoms with E-state index in [2.05, 4.69) is 0 Å². The Labute approximate surface area is 88.7 Å². The van der Waals surface area contributed by atoms with Gasteiger partial charge in [0.25, 0.3) is 0 Å². The lowest BCUT2D eigenvalue weighted by molar-refractivity contribution is 0.157. The van der Waals surface area contributed by atoms with Gasteiger partial charge in [-0.2, -0.15) is 0 Å². The molecular weight excluding hydrogens is 197 g/mol. The van der Waals surface area contributed by atoms with Crippen LogP contribution < -0.4 is 10.5 Å². The van der Waals surface area contributed by atoms with Gasteiger partial charge < -0.3 is 15.6 Å². The van der Waals surface area contributed by atoms with Crippen LogP contribution in [0.1, 0.15) is 18.4 Å². The third kappa shape index (κ3) is 2.67. The maximum atomic E-state index is 13.3. The third-order valence-corrected chi connectivity index (χ3v) is 2.52. The number of hydrogen-bond donors (Lipinski definition) is 2. The van der Waals surface area contributed by atoms with Crippen LogP contribution in [0.5, 0.6) is 5.75 Å². The monoisotopic (exact) mass is 213 g/mol. The van der Waals surface area contributed by atoms with Crippen LogP contribution in [0, 0.1) is 5.82 Å². The Morgan fingerprint density at radius 2 is 2.20 bits per heavy atom. The fourth-order valence-corrected chi connectivity index (χ4v) is 1.39. The van der Waals surface area contributed by atoms with Gasteiger partial charge in [-0.15, -0.1) is 0 Å². The number of rotatable bonds is 4. The minimum Gasteiger partial charge on any atom is -0.494 e. The molecule has 2 atom stereocenters. The molecule has 15 heavy (non-hydrogen) atoms. The molecule has 0 aromatic heterocycles. The molecule has 0 spiro atoms. The maximum absolute atomic E-state index is 13.3. The van der Waals surface area contributed by atoms with Gasteiger partial charge in [0, 0.05) is 12.5 Å². The van der Waals surface area contributed by atoms with E-state index in [-0.39, 0.29) is 18.2 Å². The molecule has 1 aromatic carbocycles. The zero-order valence-electron chi connectivity index (χ0n) is 8.90. The van der Waals surface area contributed by atoms with Crippen molar-refractivity contribution >= 4 is 0 Å². The maximum Gasteiger partial charge on any atom is 0.165 e. The summed E-state index contributed by atoms with van der Waals surface area (Å²) in [6.45, 7) is 1.97. The topological polar surface area (TPSA) is 55.5 Å². The molecule has 3 N–H and O–H groups in total. The Bertz CT molecular complexity index is 330. The molecule has 4 heteroatoms. The Hall–Kier alpha value is -1.13. The van der Waals surface area contributed by atoms with Gasteiger partial charge in [-0.05, 0) is 17.7 Å². The van der Waals surface area contributed by atoms with E-state index in [0.29, 0.717) is 5.56 Å². The Morgan fingerprint density at radius 3 is 2.67 bits per heavy atom. The number of hydrogen-bond acceptors (Lipinski definition) is 3. The first-order valence-electron chi connectivity index (χ1n) is 4.81. The molecule has 1 aromatic rings. The van der Waals surface area contributed by atoms with E-state index >= 15 is 0 Å². The van der Waals surface area contributed by atoms with Gasteiger partial charge >= 0.3 is 0 Å². The van der Waals surface area contributed by atoms with E-state index in [4.69, 9.17) is 10.5 Å². The van der Waals surface area contributed by atoms with Crippen LogP contribution >= 0.6 is 0 Å². The minimum absolute atomic E-state index is 0.162. The van der Waals surface area contributed by atoms with Crippen LogP contribution in [0.2, 0.25) is 0 Å². The predicted octanol–water partition coefficient (Wildman–Crippen LogP) is 1.26. The molecule has 0 aliphatic carbocycles. The average molecular weight is 213 g/mol. The summed E-state index contributed by atoms with van der Waals surface area (Å²) in [4.78, 5) is 0. The molecule has 0 aliphatic rings. The fraction of sp³-hybridized carbons (Fsp3) is 0.455. The van der Waals surface area contributed by atoms with E-state index in [9.17, 15) is 9.50 Å². The Kier molecular flexibility index (Phi) is 4.05. The number of aliphatic hydroxyl groups is 1. The first-order chi connectivity index (χ1) is 7.10. The molecule has 3 nitrogen and oxygen atoms in total. The second-order valence-corrected chi connectivity index (χ2v) is 3.49. The van der Waals surface area contributed by atoms with E-state index < -0.39 is 11.9 Å². The van der Waals surface area contributed by atoms with Crippen molar-refractivity contribution in [1.82, 2.24) is 0 Å².